The molecule has 1 N–H and O–H groups in total. The van der Waals surface area contributed by atoms with E-state index >= 15 is 0 Å². The molecule has 2 rings (SSSR count). The first-order chi connectivity index (χ1) is 15.3. The number of aryl methyl sites for hydroxylation is 4. The number of hydrogen-bond acceptors (Lipinski definition) is 4. The summed E-state index contributed by atoms with van der Waals surface area (Å²) in [6, 6.07) is 12.0. The maximum absolute atomic E-state index is 11.1. The number of benzene rings is 1. The van der Waals surface area contributed by atoms with E-state index in [0.29, 0.717) is 12.1 Å². The van der Waals surface area contributed by atoms with Gasteiger partial charge in [-0.1, -0.05) is 84.5 Å². The molecule has 1 aromatic heterocycles. The summed E-state index contributed by atoms with van der Waals surface area (Å²) in [5.74, 6) is 0.919. The quantitative estimate of drug-likeness (QED) is 0.490. The van der Waals surface area contributed by atoms with Gasteiger partial charge in [0.1, 0.15) is 5.76 Å². The number of allylic oxidation sites excluding steroid dienone is 1. The molecule has 0 aliphatic rings. The molecule has 2 aromatic rings. The van der Waals surface area contributed by atoms with Crippen LogP contribution in [0.3, 0.4) is 0 Å². The summed E-state index contributed by atoms with van der Waals surface area (Å²) in [6.07, 6.45) is 0.542. The molecular formula is C28H49N3O2. The maximum Gasteiger partial charge on any atom is 0.224 e. The first-order valence-corrected chi connectivity index (χ1v) is 11.5. The number of aromatic nitrogens is 1. The van der Waals surface area contributed by atoms with Crippen molar-refractivity contribution in [3.63, 3.8) is 0 Å². The molecule has 0 radical (unpaired) electrons. The Morgan fingerprint density at radius 2 is 1.45 bits per heavy atom. The number of amides is 1. The molecule has 1 amide bonds. The van der Waals surface area contributed by atoms with Gasteiger partial charge in [-0.2, -0.15) is 5.26 Å². The molecule has 0 atom stereocenters. The van der Waals surface area contributed by atoms with Crippen molar-refractivity contribution in [2.24, 2.45) is 5.41 Å². The van der Waals surface area contributed by atoms with Crippen LogP contribution in [0.1, 0.15) is 91.3 Å². The molecule has 5 nitrogen and oxygen atoms in total. The van der Waals surface area contributed by atoms with E-state index in [9.17, 15) is 4.79 Å². The van der Waals surface area contributed by atoms with Crippen molar-refractivity contribution in [2.45, 2.75) is 96.4 Å². The molecular weight excluding hydrogens is 410 g/mol. The molecule has 0 bridgehead atoms. The van der Waals surface area contributed by atoms with Crippen molar-refractivity contribution < 1.29 is 9.32 Å². The minimum atomic E-state index is 0.0463. The zero-order chi connectivity index (χ0) is 27.0. The molecule has 0 saturated carbocycles. The van der Waals surface area contributed by atoms with Gasteiger partial charge in [0.25, 0.3) is 0 Å². The van der Waals surface area contributed by atoms with E-state index in [4.69, 9.17) is 9.78 Å². The van der Waals surface area contributed by atoms with Crippen LogP contribution in [0.5, 0.6) is 0 Å². The number of carbonyl (C=O) groups is 1. The molecule has 0 aliphatic heterocycles. The third-order valence-electron chi connectivity index (χ3n) is 3.22. The van der Waals surface area contributed by atoms with Crippen LogP contribution in [0, 0.1) is 44.4 Å². The van der Waals surface area contributed by atoms with E-state index in [1.165, 1.54) is 18.1 Å². The number of nitrogens with zero attached hydrogens (tertiary/aromatic N) is 2. The van der Waals surface area contributed by atoms with E-state index < -0.39 is 0 Å². The van der Waals surface area contributed by atoms with Gasteiger partial charge in [-0.25, -0.2) is 0 Å². The van der Waals surface area contributed by atoms with Gasteiger partial charge < -0.3 is 9.84 Å². The summed E-state index contributed by atoms with van der Waals surface area (Å²) < 4.78 is 4.71. The first-order valence-electron chi connectivity index (χ1n) is 11.5. The number of nitriles is 1. The zero-order valence-corrected chi connectivity index (χ0v) is 23.5. The second-order valence-corrected chi connectivity index (χ2v) is 7.95. The van der Waals surface area contributed by atoms with Crippen molar-refractivity contribution in [3.8, 4) is 6.07 Å². The van der Waals surface area contributed by atoms with Gasteiger partial charge in [0.15, 0.2) is 0 Å². The predicted octanol–water partition coefficient (Wildman–Crippen LogP) is 8.25. The van der Waals surface area contributed by atoms with Crippen molar-refractivity contribution in [3.05, 3.63) is 65.2 Å². The van der Waals surface area contributed by atoms with Gasteiger partial charge in [-0.15, -0.1) is 0 Å². The van der Waals surface area contributed by atoms with Crippen LogP contribution in [-0.4, -0.2) is 11.1 Å². The largest absolute Gasteiger partial charge is 0.361 e. The lowest BCUT2D eigenvalue weighted by Crippen LogP contribution is -2.25. The highest BCUT2D eigenvalue weighted by molar-refractivity contribution is 5.78. The van der Waals surface area contributed by atoms with Crippen LogP contribution < -0.4 is 5.32 Å². The highest BCUT2D eigenvalue weighted by atomic mass is 16.5. The van der Waals surface area contributed by atoms with E-state index in [1.807, 2.05) is 68.4 Å². The maximum atomic E-state index is 11.1. The third-order valence-corrected chi connectivity index (χ3v) is 3.22. The van der Waals surface area contributed by atoms with Gasteiger partial charge in [0.2, 0.25) is 5.91 Å². The zero-order valence-electron chi connectivity index (χ0n) is 23.5. The molecule has 1 aromatic carbocycles. The Bertz CT molecular complexity index is 741. The van der Waals surface area contributed by atoms with Crippen molar-refractivity contribution in [2.75, 3.05) is 0 Å². The average Bonchev–Trinajstić information content (AvgIpc) is 3.09. The lowest BCUT2D eigenvalue weighted by atomic mass is 9.92. The second kappa shape index (κ2) is 23.8. The highest BCUT2D eigenvalue weighted by Gasteiger charge is 2.15. The molecule has 5 heteroatoms. The Labute approximate surface area is 204 Å². The molecule has 33 heavy (non-hydrogen) atoms. The fourth-order valence-electron chi connectivity index (χ4n) is 1.92. The van der Waals surface area contributed by atoms with E-state index in [2.05, 4.69) is 55.2 Å². The van der Waals surface area contributed by atoms with Crippen LogP contribution in [0.2, 0.25) is 0 Å². The van der Waals surface area contributed by atoms with Crippen molar-refractivity contribution in [1.29, 1.82) is 5.26 Å². The SMILES string of the molecule is C=C(C)NC(=O)CC(C)(C)C.CC.CC.CC#N.Cc1cc(C)on1.Cc1ccccc1C. The van der Waals surface area contributed by atoms with Gasteiger partial charge in [-0.3, -0.25) is 4.79 Å². The first kappa shape index (κ1) is 37.4. The summed E-state index contributed by atoms with van der Waals surface area (Å²) >= 11 is 0. The van der Waals surface area contributed by atoms with Crippen LogP contribution in [-0.2, 0) is 4.79 Å². The molecule has 188 valence electrons. The lowest BCUT2D eigenvalue weighted by Gasteiger charge is -2.16. The molecule has 0 aliphatic carbocycles. The number of hydrogen-bond donors (Lipinski definition) is 1. The standard InChI is InChI=1S/C9H17NO.C8H10.C5H7NO.C2H3N.2C2H6/c1-7(2)10-8(11)6-9(3,4)5;1-7-5-3-4-6-8(7)2;1-4-3-5(2)7-6-4;1-2-3;2*1-2/h1,6H2,2-5H3,(H,10,11);3-6H,1-2H3;3H,1-2H3;1H3;2*1-2H3. The van der Waals surface area contributed by atoms with Crippen LogP contribution in [0.15, 0.2) is 47.1 Å². The smallest absolute Gasteiger partial charge is 0.224 e. The normalized spacial score (nSPS) is 8.48. The summed E-state index contributed by atoms with van der Waals surface area (Å²) in [5.41, 5.74) is 4.44. The summed E-state index contributed by atoms with van der Waals surface area (Å²) in [4.78, 5) is 11.1. The third kappa shape index (κ3) is 31.4. The Hall–Kier alpha value is -2.87. The van der Waals surface area contributed by atoms with Gasteiger partial charge >= 0.3 is 0 Å². The van der Waals surface area contributed by atoms with Crippen molar-refractivity contribution in [1.82, 2.24) is 10.5 Å². The molecule has 1 heterocycles. The molecule has 0 unspecified atom stereocenters. The van der Waals surface area contributed by atoms with Gasteiger partial charge in [-0.05, 0) is 51.2 Å². The Morgan fingerprint density at radius 3 is 1.64 bits per heavy atom. The van der Waals surface area contributed by atoms with E-state index in [0.717, 1.165) is 11.5 Å². The number of rotatable bonds is 2. The summed E-state index contributed by atoms with van der Waals surface area (Å²) in [5, 5.41) is 13.6. The fraction of sp³-hybridized carbons (Fsp3) is 0.536. The van der Waals surface area contributed by atoms with Crippen LogP contribution >= 0.6 is 0 Å². The van der Waals surface area contributed by atoms with Crippen molar-refractivity contribution >= 4 is 5.91 Å². The van der Waals surface area contributed by atoms with E-state index in [-0.39, 0.29) is 11.3 Å². The Balaban J connectivity index is -0.000000170. The highest BCUT2D eigenvalue weighted by Crippen LogP contribution is 2.17. The molecule has 0 fully saturated rings. The molecule has 0 spiro atoms. The predicted molar refractivity (Wildman–Crippen MR) is 143 cm³/mol. The van der Waals surface area contributed by atoms with Gasteiger partial charge in [0, 0.05) is 25.1 Å². The Kier molecular flexibility index (Phi) is 27.0. The Morgan fingerprint density at radius 1 is 1.06 bits per heavy atom. The second-order valence-electron chi connectivity index (χ2n) is 7.95. The van der Waals surface area contributed by atoms with Crippen LogP contribution in [0.25, 0.3) is 0 Å². The monoisotopic (exact) mass is 459 g/mol. The van der Waals surface area contributed by atoms with Crippen LogP contribution in [0.4, 0.5) is 0 Å². The summed E-state index contributed by atoms with van der Waals surface area (Å²) in [6.45, 7) is 28.9. The van der Waals surface area contributed by atoms with E-state index in [1.54, 1.807) is 13.0 Å². The molecule has 0 saturated heterocycles. The average molecular weight is 460 g/mol. The minimum absolute atomic E-state index is 0.0463. The number of nitrogens with one attached hydrogen (secondary N) is 1. The van der Waals surface area contributed by atoms with Gasteiger partial charge in [0.05, 0.1) is 11.8 Å². The fourth-order valence-corrected chi connectivity index (χ4v) is 1.92. The minimum Gasteiger partial charge on any atom is -0.361 e. The topological polar surface area (TPSA) is 78.9 Å². The summed E-state index contributed by atoms with van der Waals surface area (Å²) in [7, 11) is 0. The lowest BCUT2D eigenvalue weighted by molar-refractivity contribution is -0.122. The number of carbonyl (C=O) groups excluding carboxylic acids is 1.